The molecular formula is C21H27ClN2O3. The summed E-state index contributed by atoms with van der Waals surface area (Å²) in [6, 6.07) is 5.91. The van der Waals surface area contributed by atoms with Gasteiger partial charge in [0, 0.05) is 18.1 Å². The number of rotatable bonds is 4. The van der Waals surface area contributed by atoms with Gasteiger partial charge in [0.05, 0.1) is 41.0 Å². The van der Waals surface area contributed by atoms with E-state index in [0.29, 0.717) is 30.2 Å². The average molecular weight is 391 g/mol. The molecule has 2 aromatic rings. The maximum atomic E-state index is 13.0. The smallest absolute Gasteiger partial charge is 0.253 e. The first kappa shape index (κ1) is 18.8. The van der Waals surface area contributed by atoms with Gasteiger partial charge in [0.1, 0.15) is 0 Å². The molecule has 1 aromatic heterocycles. The molecule has 1 atom stereocenters. The Kier molecular flexibility index (Phi) is 4.73. The van der Waals surface area contributed by atoms with E-state index in [4.69, 9.17) is 16.3 Å². The zero-order chi connectivity index (χ0) is 19.2. The lowest BCUT2D eigenvalue weighted by Gasteiger charge is -2.41. The number of benzene rings is 1. The van der Waals surface area contributed by atoms with Crippen molar-refractivity contribution in [3.63, 3.8) is 0 Å². The van der Waals surface area contributed by atoms with Gasteiger partial charge < -0.3 is 19.7 Å². The highest BCUT2D eigenvalue weighted by Crippen LogP contribution is 2.40. The number of nitrogens with zero attached hydrogens (tertiary/aromatic N) is 1. The number of carbonyl (C=O) groups is 1. The zero-order valence-corrected chi connectivity index (χ0v) is 16.7. The number of ether oxygens (including phenoxy) is 1. The molecule has 4 rings (SSSR count). The number of aromatic nitrogens is 1. The van der Waals surface area contributed by atoms with Crippen LogP contribution in [0, 0.1) is 5.41 Å². The van der Waals surface area contributed by atoms with Crippen LogP contribution in [0.5, 0.6) is 0 Å². The van der Waals surface area contributed by atoms with Crippen LogP contribution in [0.2, 0.25) is 5.02 Å². The minimum absolute atomic E-state index is 0.0985. The summed E-state index contributed by atoms with van der Waals surface area (Å²) < 4.78 is 7.39. The Hall–Kier alpha value is -1.56. The third-order valence-electron chi connectivity index (χ3n) is 5.95. The Morgan fingerprint density at radius 3 is 2.81 bits per heavy atom. The zero-order valence-electron chi connectivity index (χ0n) is 15.9. The molecule has 146 valence electrons. The van der Waals surface area contributed by atoms with E-state index in [1.54, 1.807) is 6.07 Å². The Morgan fingerprint density at radius 2 is 2.15 bits per heavy atom. The van der Waals surface area contributed by atoms with E-state index in [0.717, 1.165) is 30.2 Å². The van der Waals surface area contributed by atoms with Crippen molar-refractivity contribution in [1.82, 2.24) is 9.88 Å². The molecule has 1 aromatic carbocycles. The number of carbonyl (C=O) groups excluding carboxylic acids is 1. The Balaban J connectivity index is 1.58. The van der Waals surface area contributed by atoms with Crippen LogP contribution in [-0.2, 0) is 4.74 Å². The van der Waals surface area contributed by atoms with Gasteiger partial charge in [0.15, 0.2) is 0 Å². The molecule has 0 radical (unpaired) electrons. The third kappa shape index (κ3) is 3.60. The fraction of sp³-hybridized carbons (Fsp3) is 0.571. The van der Waals surface area contributed by atoms with Gasteiger partial charge in [-0.05, 0) is 43.2 Å². The molecule has 1 aliphatic carbocycles. The summed E-state index contributed by atoms with van der Waals surface area (Å²) >= 11 is 6.43. The number of hydrogen-bond acceptors (Lipinski definition) is 3. The molecule has 2 heterocycles. The maximum absolute atomic E-state index is 13.0. The normalized spacial score (nSPS) is 25.3. The highest BCUT2D eigenvalue weighted by molar-refractivity contribution is 6.36. The fourth-order valence-electron chi connectivity index (χ4n) is 4.58. The summed E-state index contributed by atoms with van der Waals surface area (Å²) in [4.78, 5) is 13.0. The van der Waals surface area contributed by atoms with Crippen LogP contribution < -0.4 is 5.32 Å². The predicted molar refractivity (Wildman–Crippen MR) is 106 cm³/mol. The molecule has 1 amide bonds. The van der Waals surface area contributed by atoms with E-state index >= 15 is 0 Å². The first-order valence-corrected chi connectivity index (χ1v) is 10.0. The molecule has 0 spiro atoms. The quantitative estimate of drug-likeness (QED) is 0.831. The van der Waals surface area contributed by atoms with E-state index < -0.39 is 5.60 Å². The Bertz CT molecular complexity index is 872. The summed E-state index contributed by atoms with van der Waals surface area (Å²) in [5, 5.41) is 15.2. The molecule has 6 heteroatoms. The molecule has 27 heavy (non-hydrogen) atoms. The van der Waals surface area contributed by atoms with Crippen LogP contribution in [0.1, 0.15) is 55.9 Å². The van der Waals surface area contributed by atoms with Crippen molar-refractivity contribution in [3.05, 3.63) is 35.0 Å². The van der Waals surface area contributed by atoms with Crippen molar-refractivity contribution >= 4 is 28.4 Å². The van der Waals surface area contributed by atoms with Crippen LogP contribution in [-0.4, -0.2) is 40.9 Å². The largest absolute Gasteiger partial charge is 0.388 e. The summed E-state index contributed by atoms with van der Waals surface area (Å²) in [6.45, 7) is 5.90. The second-order valence-corrected chi connectivity index (χ2v) is 9.28. The lowest BCUT2D eigenvalue weighted by molar-refractivity contribution is -0.0361. The molecule has 5 nitrogen and oxygen atoms in total. The number of halogens is 1. The number of hydrogen-bond donors (Lipinski definition) is 2. The molecule has 0 bridgehead atoms. The van der Waals surface area contributed by atoms with Crippen molar-refractivity contribution < 1.29 is 14.6 Å². The van der Waals surface area contributed by atoms with Crippen molar-refractivity contribution in [1.29, 1.82) is 0 Å². The van der Waals surface area contributed by atoms with Crippen LogP contribution >= 0.6 is 11.6 Å². The monoisotopic (exact) mass is 390 g/mol. The Labute approximate surface area is 164 Å². The van der Waals surface area contributed by atoms with Gasteiger partial charge >= 0.3 is 0 Å². The van der Waals surface area contributed by atoms with Gasteiger partial charge in [-0.25, -0.2) is 0 Å². The molecular weight excluding hydrogens is 364 g/mol. The second-order valence-electron chi connectivity index (χ2n) is 8.88. The standard InChI is InChI=1S/C21H27ClN2O3/c1-20(2)7-4-8-21(26,12-20)13-23-19(25)15-9-24(14-10-27-11-14)17-6-3-5-16(22)18(15)17/h3,5-6,9,14,26H,4,7-8,10-13H2,1-2H3,(H,23,25). The van der Waals surface area contributed by atoms with Crippen LogP contribution in [0.4, 0.5) is 0 Å². The summed E-state index contributed by atoms with van der Waals surface area (Å²) in [6.07, 6.45) is 5.37. The summed E-state index contributed by atoms with van der Waals surface area (Å²) in [5.74, 6) is -0.191. The topological polar surface area (TPSA) is 63.5 Å². The summed E-state index contributed by atoms with van der Waals surface area (Å²) in [5.41, 5.74) is 0.752. The number of aliphatic hydroxyl groups is 1. The van der Waals surface area contributed by atoms with E-state index in [1.807, 2.05) is 18.3 Å². The minimum Gasteiger partial charge on any atom is -0.388 e. The van der Waals surface area contributed by atoms with Crippen LogP contribution in [0.3, 0.4) is 0 Å². The van der Waals surface area contributed by atoms with Gasteiger partial charge in [0.2, 0.25) is 0 Å². The second kappa shape index (κ2) is 6.80. The molecule has 2 N–H and O–H groups in total. The van der Waals surface area contributed by atoms with Crippen molar-refractivity contribution in [2.24, 2.45) is 5.41 Å². The highest BCUT2D eigenvalue weighted by atomic mass is 35.5. The predicted octanol–water partition coefficient (Wildman–Crippen LogP) is 3.93. The van der Waals surface area contributed by atoms with Crippen molar-refractivity contribution in [2.75, 3.05) is 19.8 Å². The molecule has 2 fully saturated rings. The number of fused-ring (bicyclic) bond motifs is 1. The number of nitrogens with one attached hydrogen (secondary N) is 1. The molecule has 1 aliphatic heterocycles. The maximum Gasteiger partial charge on any atom is 0.253 e. The van der Waals surface area contributed by atoms with E-state index in [2.05, 4.69) is 23.7 Å². The van der Waals surface area contributed by atoms with Gasteiger partial charge in [0.25, 0.3) is 5.91 Å². The average Bonchev–Trinajstić information content (AvgIpc) is 2.91. The van der Waals surface area contributed by atoms with Crippen LogP contribution in [0.25, 0.3) is 10.9 Å². The van der Waals surface area contributed by atoms with Gasteiger partial charge in [-0.15, -0.1) is 0 Å². The SMILES string of the molecule is CC1(C)CCCC(O)(CNC(=O)c2cn(C3COC3)c3cccc(Cl)c23)C1. The lowest BCUT2D eigenvalue weighted by Crippen LogP contribution is -2.48. The summed E-state index contributed by atoms with van der Waals surface area (Å²) in [7, 11) is 0. The van der Waals surface area contributed by atoms with Gasteiger partial charge in [-0.3, -0.25) is 4.79 Å². The first-order valence-electron chi connectivity index (χ1n) is 9.65. The fourth-order valence-corrected chi connectivity index (χ4v) is 4.85. The number of amides is 1. The van der Waals surface area contributed by atoms with E-state index in [-0.39, 0.29) is 23.9 Å². The highest BCUT2D eigenvalue weighted by Gasteiger charge is 2.38. The molecule has 1 unspecified atom stereocenters. The molecule has 1 saturated carbocycles. The van der Waals surface area contributed by atoms with Crippen molar-refractivity contribution in [3.8, 4) is 0 Å². The lowest BCUT2D eigenvalue weighted by atomic mass is 9.70. The molecule has 1 saturated heterocycles. The van der Waals surface area contributed by atoms with Crippen molar-refractivity contribution in [2.45, 2.75) is 51.2 Å². The van der Waals surface area contributed by atoms with Gasteiger partial charge in [-0.2, -0.15) is 0 Å². The Morgan fingerprint density at radius 1 is 1.37 bits per heavy atom. The van der Waals surface area contributed by atoms with Crippen LogP contribution in [0.15, 0.2) is 24.4 Å². The molecule has 2 aliphatic rings. The first-order chi connectivity index (χ1) is 12.8. The van der Waals surface area contributed by atoms with E-state index in [9.17, 15) is 9.90 Å². The minimum atomic E-state index is -0.846. The van der Waals surface area contributed by atoms with E-state index in [1.165, 1.54) is 0 Å². The third-order valence-corrected chi connectivity index (χ3v) is 6.26. The van der Waals surface area contributed by atoms with Gasteiger partial charge in [-0.1, -0.05) is 31.5 Å².